The summed E-state index contributed by atoms with van der Waals surface area (Å²) in [7, 11) is 0. The zero-order chi connectivity index (χ0) is 14.7. The molecule has 8 heteroatoms. The van der Waals surface area contributed by atoms with E-state index in [2.05, 4.69) is 10.1 Å². The number of aromatic carboxylic acids is 1. The fraction of sp³-hybridized carbons (Fsp3) is 0.417. The number of carboxylic acids is 1. The van der Waals surface area contributed by atoms with Crippen LogP contribution in [-0.4, -0.2) is 20.6 Å². The number of halogens is 3. The molecule has 0 aromatic carbocycles. The van der Waals surface area contributed by atoms with Crippen molar-refractivity contribution in [2.75, 3.05) is 0 Å². The number of hydrogen-bond acceptors (Lipinski definition) is 4. The zero-order valence-electron chi connectivity index (χ0n) is 10.4. The topological polar surface area (TPSA) is 70.3 Å². The van der Waals surface area contributed by atoms with Crippen LogP contribution in [0, 0.1) is 0 Å². The van der Waals surface area contributed by atoms with Gasteiger partial charge in [0.15, 0.2) is 5.65 Å². The van der Waals surface area contributed by atoms with Gasteiger partial charge in [0.25, 0.3) is 0 Å². The molecule has 106 valence electrons. The number of rotatable bonds is 2. The number of nitrogens with zero attached hydrogens (tertiary/aromatic N) is 3. The molecule has 0 unspecified atom stereocenters. The molecule has 1 saturated carbocycles. The Morgan fingerprint density at radius 2 is 2.05 bits per heavy atom. The Hall–Kier alpha value is -2.12. The summed E-state index contributed by atoms with van der Waals surface area (Å²) in [6.07, 6.45) is -3.12. The second-order valence-corrected chi connectivity index (χ2v) is 5.17. The molecule has 0 bridgehead atoms. The van der Waals surface area contributed by atoms with Crippen LogP contribution in [0.5, 0.6) is 0 Å². The number of fused-ring (bicyclic) bond motifs is 1. The number of alkyl halides is 3. The van der Waals surface area contributed by atoms with Crippen LogP contribution in [0.1, 0.15) is 41.6 Å². The van der Waals surface area contributed by atoms with Gasteiger partial charge in [-0.15, -0.1) is 0 Å². The van der Waals surface area contributed by atoms with Crippen LogP contribution in [0.2, 0.25) is 0 Å². The highest BCUT2D eigenvalue weighted by Crippen LogP contribution is 2.47. The summed E-state index contributed by atoms with van der Waals surface area (Å²) in [5.74, 6) is -1.64. The van der Waals surface area contributed by atoms with Crippen molar-refractivity contribution in [3.8, 4) is 0 Å². The first-order chi connectivity index (χ1) is 9.21. The van der Waals surface area contributed by atoms with Crippen molar-refractivity contribution < 1.29 is 23.1 Å². The van der Waals surface area contributed by atoms with Crippen LogP contribution in [0.4, 0.5) is 13.2 Å². The van der Waals surface area contributed by atoms with Crippen molar-refractivity contribution in [2.24, 2.45) is 0 Å². The third-order valence-electron chi connectivity index (χ3n) is 3.55. The molecule has 2 aromatic rings. The van der Waals surface area contributed by atoms with Crippen molar-refractivity contribution in [2.45, 2.75) is 31.4 Å². The van der Waals surface area contributed by atoms with Gasteiger partial charge in [-0.2, -0.15) is 18.3 Å². The van der Waals surface area contributed by atoms with Crippen LogP contribution in [-0.2, 0) is 11.6 Å². The minimum absolute atomic E-state index is 0.137. The van der Waals surface area contributed by atoms with Crippen LogP contribution >= 0.6 is 0 Å². The third kappa shape index (κ3) is 1.91. The van der Waals surface area contributed by atoms with E-state index in [1.807, 2.05) is 6.92 Å². The van der Waals surface area contributed by atoms with Crippen LogP contribution in [0.15, 0.2) is 12.1 Å². The molecule has 0 saturated heterocycles. The Morgan fingerprint density at radius 1 is 1.40 bits per heavy atom. The monoisotopic (exact) mass is 284 g/mol. The fourth-order valence-corrected chi connectivity index (χ4v) is 2.03. The average molecular weight is 284 g/mol. The van der Waals surface area contributed by atoms with Crippen molar-refractivity contribution in [3.05, 3.63) is 29.2 Å². The zero-order valence-corrected chi connectivity index (χ0v) is 10.4. The molecule has 0 radical (unpaired) electrons. The van der Waals surface area contributed by atoms with Gasteiger partial charge in [0.1, 0.15) is 11.4 Å². The number of carboxylic acid groups (broad SMARTS) is 1. The second-order valence-electron chi connectivity index (χ2n) is 5.17. The molecule has 20 heavy (non-hydrogen) atoms. The van der Waals surface area contributed by atoms with E-state index in [1.165, 1.54) is 0 Å². The van der Waals surface area contributed by atoms with E-state index in [9.17, 15) is 23.1 Å². The predicted octanol–water partition coefficient (Wildman–Crippen LogP) is 1.16. The summed E-state index contributed by atoms with van der Waals surface area (Å²) in [5.41, 5.74) is -1.79. The molecule has 3 rings (SSSR count). The standard InChI is InChI=1S/C12H10F3N3O2/c1-11(2-3-11)7-5-8(12(13,14)15)18-9(16-7)4-6(17-18)10(19)20/h4-5H,2-3H2,1H3,(H,19,20)/p-1. The highest BCUT2D eigenvalue weighted by Gasteiger charge is 2.43. The Bertz CT molecular complexity index is 717. The van der Waals surface area contributed by atoms with E-state index in [-0.39, 0.29) is 11.1 Å². The van der Waals surface area contributed by atoms with Gasteiger partial charge in [-0.25, -0.2) is 9.50 Å². The molecule has 1 aliphatic rings. The molecular weight excluding hydrogens is 275 g/mol. The summed E-state index contributed by atoms with van der Waals surface area (Å²) in [6.45, 7) is 1.82. The Labute approximate surface area is 111 Å². The molecule has 2 heterocycles. The largest absolute Gasteiger partial charge is 0.543 e. The maximum absolute atomic E-state index is 13.1. The predicted molar refractivity (Wildman–Crippen MR) is 58.9 cm³/mol. The normalized spacial score (nSPS) is 17.4. The summed E-state index contributed by atoms with van der Waals surface area (Å²) >= 11 is 0. The molecule has 5 nitrogen and oxygen atoms in total. The first kappa shape index (κ1) is 12.9. The molecule has 0 aliphatic heterocycles. The molecule has 2 aromatic heterocycles. The van der Waals surface area contributed by atoms with Gasteiger partial charge in [0.05, 0.1) is 11.7 Å². The van der Waals surface area contributed by atoms with Crippen LogP contribution in [0.3, 0.4) is 0 Å². The lowest BCUT2D eigenvalue weighted by molar-refractivity contribution is -0.255. The lowest BCUT2D eigenvalue weighted by Crippen LogP contribution is -2.23. The quantitative estimate of drug-likeness (QED) is 0.829. The summed E-state index contributed by atoms with van der Waals surface area (Å²) in [5, 5.41) is 14.1. The highest BCUT2D eigenvalue weighted by molar-refractivity contribution is 5.84. The van der Waals surface area contributed by atoms with Crippen molar-refractivity contribution in [3.63, 3.8) is 0 Å². The van der Waals surface area contributed by atoms with Crippen molar-refractivity contribution in [1.82, 2.24) is 14.6 Å². The van der Waals surface area contributed by atoms with Crippen LogP contribution < -0.4 is 5.11 Å². The third-order valence-corrected chi connectivity index (χ3v) is 3.55. The minimum atomic E-state index is -4.64. The molecule has 0 amide bonds. The van der Waals surface area contributed by atoms with E-state index in [4.69, 9.17) is 0 Å². The first-order valence-electron chi connectivity index (χ1n) is 5.91. The van der Waals surface area contributed by atoms with Gasteiger partial charge in [0, 0.05) is 11.5 Å². The Morgan fingerprint density at radius 3 is 2.55 bits per heavy atom. The van der Waals surface area contributed by atoms with Gasteiger partial charge in [-0.3, -0.25) is 0 Å². The van der Waals surface area contributed by atoms with Crippen molar-refractivity contribution in [1.29, 1.82) is 0 Å². The molecule has 1 aliphatic carbocycles. The second kappa shape index (κ2) is 3.71. The van der Waals surface area contributed by atoms with Crippen LogP contribution in [0.25, 0.3) is 5.65 Å². The van der Waals surface area contributed by atoms with E-state index in [1.54, 1.807) is 0 Å². The maximum Gasteiger partial charge on any atom is 0.433 e. The van der Waals surface area contributed by atoms with E-state index in [0.29, 0.717) is 10.2 Å². The number of aromatic nitrogens is 3. The Balaban J connectivity index is 2.29. The molecule has 0 N–H and O–H groups in total. The summed E-state index contributed by atoms with van der Waals surface area (Å²) in [4.78, 5) is 14.8. The van der Waals surface area contributed by atoms with Gasteiger partial charge >= 0.3 is 6.18 Å². The number of carbonyl (C=O) groups excluding carboxylic acids is 1. The lowest BCUT2D eigenvalue weighted by atomic mass is 10.0. The number of hydrogen-bond donors (Lipinski definition) is 0. The van der Waals surface area contributed by atoms with Gasteiger partial charge in [-0.05, 0) is 18.9 Å². The van der Waals surface area contributed by atoms with E-state index < -0.39 is 23.5 Å². The minimum Gasteiger partial charge on any atom is -0.543 e. The first-order valence-corrected chi connectivity index (χ1v) is 5.91. The van der Waals surface area contributed by atoms with Gasteiger partial charge in [-0.1, -0.05) is 6.92 Å². The summed E-state index contributed by atoms with van der Waals surface area (Å²) < 4.78 is 39.7. The smallest absolute Gasteiger partial charge is 0.433 e. The average Bonchev–Trinajstić information content (AvgIpc) is 2.93. The van der Waals surface area contributed by atoms with Crippen molar-refractivity contribution >= 4 is 11.6 Å². The van der Waals surface area contributed by atoms with Gasteiger partial charge in [0.2, 0.25) is 0 Å². The van der Waals surface area contributed by atoms with Gasteiger partial charge < -0.3 is 9.90 Å². The summed E-state index contributed by atoms with van der Waals surface area (Å²) in [6, 6.07) is 1.92. The lowest BCUT2D eigenvalue weighted by Gasteiger charge is -2.13. The fourth-order valence-electron chi connectivity index (χ4n) is 2.03. The highest BCUT2D eigenvalue weighted by atomic mass is 19.4. The van der Waals surface area contributed by atoms with E-state index >= 15 is 0 Å². The Kier molecular flexibility index (Phi) is 2.39. The van der Waals surface area contributed by atoms with E-state index in [0.717, 1.165) is 25.0 Å². The number of carbonyl (C=O) groups is 1. The molecule has 0 atom stereocenters. The maximum atomic E-state index is 13.1. The molecule has 1 fully saturated rings. The SMILES string of the molecule is CC1(c2cc(C(F)(F)F)n3nc(C(=O)[O-])cc3n2)CC1. The molecule has 0 spiro atoms. The molecular formula is C12H9F3N3O2-.